The van der Waals surface area contributed by atoms with Gasteiger partial charge in [-0.1, -0.05) is 0 Å². The molecular weight excluding hydrogens is 236 g/mol. The molecule has 1 saturated heterocycles. The van der Waals surface area contributed by atoms with Crippen LogP contribution in [-0.4, -0.2) is 62.8 Å². The van der Waals surface area contributed by atoms with Gasteiger partial charge in [0.15, 0.2) is 0 Å². The number of esters is 1. The summed E-state index contributed by atoms with van der Waals surface area (Å²) in [7, 11) is 1.38. The molecule has 1 aliphatic heterocycles. The van der Waals surface area contributed by atoms with Gasteiger partial charge in [0, 0.05) is 19.5 Å². The second-order valence-corrected chi connectivity index (χ2v) is 4.29. The summed E-state index contributed by atoms with van der Waals surface area (Å²) in [5.41, 5.74) is 0. The molecule has 0 bridgehead atoms. The normalized spacial score (nSPS) is 17.3. The maximum atomic E-state index is 12.0. The van der Waals surface area contributed by atoms with E-state index in [1.807, 2.05) is 11.8 Å². The van der Waals surface area contributed by atoms with E-state index in [-0.39, 0.29) is 17.9 Å². The molecule has 0 radical (unpaired) electrons. The molecule has 6 heteroatoms. The van der Waals surface area contributed by atoms with Crippen LogP contribution in [0.4, 0.5) is 0 Å². The van der Waals surface area contributed by atoms with Gasteiger partial charge >= 0.3 is 5.97 Å². The van der Waals surface area contributed by atoms with Crippen molar-refractivity contribution in [1.29, 1.82) is 0 Å². The number of carbonyl (C=O) groups excluding carboxylic acids is 2. The Balaban J connectivity index is 2.17. The standard InChI is InChI=1S/C12H22N2O4/c1-10(13-5-3-4-11(15)17-2)12(16)14-6-8-18-9-7-14/h10,13H,3-9H2,1-2H3. The molecule has 1 fully saturated rings. The van der Waals surface area contributed by atoms with Crippen LogP contribution in [-0.2, 0) is 19.1 Å². The minimum atomic E-state index is -0.222. The highest BCUT2D eigenvalue weighted by atomic mass is 16.5. The molecule has 0 aromatic heterocycles. The number of methoxy groups -OCH3 is 1. The van der Waals surface area contributed by atoms with Crippen molar-refractivity contribution in [2.24, 2.45) is 0 Å². The summed E-state index contributed by atoms with van der Waals surface area (Å²) >= 11 is 0. The maximum Gasteiger partial charge on any atom is 0.305 e. The van der Waals surface area contributed by atoms with E-state index >= 15 is 0 Å². The van der Waals surface area contributed by atoms with E-state index in [2.05, 4.69) is 10.1 Å². The smallest absolute Gasteiger partial charge is 0.305 e. The van der Waals surface area contributed by atoms with Crippen molar-refractivity contribution < 1.29 is 19.1 Å². The lowest BCUT2D eigenvalue weighted by Crippen LogP contribution is -2.49. The molecular formula is C12H22N2O4. The lowest BCUT2D eigenvalue weighted by Gasteiger charge is -2.29. The Morgan fingerprint density at radius 3 is 2.67 bits per heavy atom. The molecule has 0 aromatic rings. The van der Waals surface area contributed by atoms with Gasteiger partial charge in [0.05, 0.1) is 26.4 Å². The number of morpholine rings is 1. The maximum absolute atomic E-state index is 12.0. The van der Waals surface area contributed by atoms with E-state index in [0.29, 0.717) is 45.7 Å². The van der Waals surface area contributed by atoms with Gasteiger partial charge in [0.2, 0.25) is 5.91 Å². The highest BCUT2D eigenvalue weighted by Gasteiger charge is 2.21. The van der Waals surface area contributed by atoms with Crippen LogP contribution >= 0.6 is 0 Å². The highest BCUT2D eigenvalue weighted by Crippen LogP contribution is 2.01. The minimum Gasteiger partial charge on any atom is -0.469 e. The third kappa shape index (κ3) is 5.01. The van der Waals surface area contributed by atoms with Crippen molar-refractivity contribution in [3.63, 3.8) is 0 Å². The van der Waals surface area contributed by atoms with Gasteiger partial charge in [0.1, 0.15) is 0 Å². The highest BCUT2D eigenvalue weighted by molar-refractivity contribution is 5.81. The third-order valence-corrected chi connectivity index (χ3v) is 2.93. The molecule has 6 nitrogen and oxygen atoms in total. The summed E-state index contributed by atoms with van der Waals surface area (Å²) < 4.78 is 9.75. The largest absolute Gasteiger partial charge is 0.469 e. The second-order valence-electron chi connectivity index (χ2n) is 4.29. The summed E-state index contributed by atoms with van der Waals surface area (Å²) in [6.07, 6.45) is 1.05. The fourth-order valence-corrected chi connectivity index (χ4v) is 1.80. The number of hydrogen-bond acceptors (Lipinski definition) is 5. The lowest BCUT2D eigenvalue weighted by atomic mass is 10.2. The zero-order valence-corrected chi connectivity index (χ0v) is 11.1. The predicted molar refractivity (Wildman–Crippen MR) is 66.1 cm³/mol. The number of amides is 1. The summed E-state index contributed by atoms with van der Waals surface area (Å²) in [5, 5.41) is 3.12. The molecule has 0 saturated carbocycles. The van der Waals surface area contributed by atoms with Gasteiger partial charge in [0.25, 0.3) is 0 Å². The van der Waals surface area contributed by atoms with Crippen LogP contribution in [0.5, 0.6) is 0 Å². The lowest BCUT2D eigenvalue weighted by molar-refractivity contribution is -0.140. The van der Waals surface area contributed by atoms with Gasteiger partial charge in [-0.15, -0.1) is 0 Å². The van der Waals surface area contributed by atoms with Crippen LogP contribution in [0.25, 0.3) is 0 Å². The van der Waals surface area contributed by atoms with E-state index in [4.69, 9.17) is 4.74 Å². The van der Waals surface area contributed by atoms with Crippen molar-refractivity contribution in [2.75, 3.05) is 40.0 Å². The van der Waals surface area contributed by atoms with E-state index in [9.17, 15) is 9.59 Å². The Morgan fingerprint density at radius 2 is 2.06 bits per heavy atom. The number of nitrogens with one attached hydrogen (secondary N) is 1. The molecule has 0 aromatic carbocycles. The van der Waals surface area contributed by atoms with E-state index in [1.54, 1.807) is 0 Å². The van der Waals surface area contributed by atoms with Crippen molar-refractivity contribution >= 4 is 11.9 Å². The SMILES string of the molecule is COC(=O)CCCNC(C)C(=O)N1CCOCC1. The monoisotopic (exact) mass is 258 g/mol. The molecule has 104 valence electrons. The van der Waals surface area contributed by atoms with Crippen molar-refractivity contribution in [3.05, 3.63) is 0 Å². The minimum absolute atomic E-state index is 0.0939. The first-order chi connectivity index (χ1) is 8.65. The predicted octanol–water partition coefficient (Wildman–Crippen LogP) is -0.223. The third-order valence-electron chi connectivity index (χ3n) is 2.93. The van der Waals surface area contributed by atoms with E-state index < -0.39 is 0 Å². The summed E-state index contributed by atoms with van der Waals surface area (Å²) in [4.78, 5) is 24.7. The molecule has 18 heavy (non-hydrogen) atoms. The average molecular weight is 258 g/mol. The first kappa shape index (κ1) is 14.9. The molecule has 1 amide bonds. The molecule has 1 heterocycles. The first-order valence-corrected chi connectivity index (χ1v) is 6.32. The average Bonchev–Trinajstić information content (AvgIpc) is 2.43. The van der Waals surface area contributed by atoms with Crippen molar-refractivity contribution in [2.45, 2.75) is 25.8 Å². The van der Waals surface area contributed by atoms with Gasteiger partial charge in [-0.05, 0) is 19.9 Å². The number of nitrogens with zero attached hydrogens (tertiary/aromatic N) is 1. The Kier molecular flexibility index (Phi) is 6.67. The summed E-state index contributed by atoms with van der Waals surface area (Å²) in [5.74, 6) is -0.125. The molecule has 1 unspecified atom stereocenters. The molecule has 1 rings (SSSR count). The van der Waals surface area contributed by atoms with Gasteiger partial charge in [-0.25, -0.2) is 0 Å². The molecule has 1 atom stereocenters. The van der Waals surface area contributed by atoms with Crippen LogP contribution in [0.15, 0.2) is 0 Å². The number of ether oxygens (including phenoxy) is 2. The van der Waals surface area contributed by atoms with Crippen LogP contribution < -0.4 is 5.32 Å². The molecule has 0 spiro atoms. The molecule has 1 aliphatic rings. The van der Waals surface area contributed by atoms with Crippen molar-refractivity contribution in [1.82, 2.24) is 10.2 Å². The summed E-state index contributed by atoms with van der Waals surface area (Å²) in [6, 6.07) is -0.222. The Hall–Kier alpha value is -1.14. The van der Waals surface area contributed by atoms with Gasteiger partial charge in [-0.2, -0.15) is 0 Å². The Bertz CT molecular complexity index is 277. The fourth-order valence-electron chi connectivity index (χ4n) is 1.80. The Morgan fingerprint density at radius 1 is 1.39 bits per heavy atom. The first-order valence-electron chi connectivity index (χ1n) is 6.32. The van der Waals surface area contributed by atoms with Gasteiger partial charge < -0.3 is 19.7 Å². The van der Waals surface area contributed by atoms with Gasteiger partial charge in [-0.3, -0.25) is 9.59 Å². The topological polar surface area (TPSA) is 67.9 Å². The second kappa shape index (κ2) is 8.05. The Labute approximate surface area is 108 Å². The zero-order chi connectivity index (χ0) is 13.4. The van der Waals surface area contributed by atoms with Crippen LogP contribution in [0.1, 0.15) is 19.8 Å². The fraction of sp³-hybridized carbons (Fsp3) is 0.833. The van der Waals surface area contributed by atoms with Crippen LogP contribution in [0.2, 0.25) is 0 Å². The summed E-state index contributed by atoms with van der Waals surface area (Å²) in [6.45, 7) is 5.02. The molecule has 1 N–H and O–H groups in total. The zero-order valence-electron chi connectivity index (χ0n) is 11.1. The number of carbonyl (C=O) groups is 2. The van der Waals surface area contributed by atoms with E-state index in [1.165, 1.54) is 7.11 Å². The van der Waals surface area contributed by atoms with E-state index in [0.717, 1.165) is 0 Å². The van der Waals surface area contributed by atoms with Crippen LogP contribution in [0, 0.1) is 0 Å². The number of hydrogen-bond donors (Lipinski definition) is 1. The van der Waals surface area contributed by atoms with Crippen molar-refractivity contribution in [3.8, 4) is 0 Å². The number of rotatable bonds is 6. The quantitative estimate of drug-likeness (QED) is 0.527. The molecule has 0 aliphatic carbocycles. The van der Waals surface area contributed by atoms with Crippen LogP contribution in [0.3, 0.4) is 0 Å².